The maximum absolute atomic E-state index is 12.0. The van der Waals surface area contributed by atoms with Gasteiger partial charge in [0.2, 0.25) is 5.91 Å². The molecule has 1 atom stereocenters. The smallest absolute Gasteiger partial charge is 0.242 e. The number of likely N-dealkylation sites (N-methyl/N-ethyl adjacent to an activating group) is 1. The van der Waals surface area contributed by atoms with Crippen molar-refractivity contribution in [3.8, 4) is 6.07 Å². The largest absolute Gasteiger partial charge is 0.357 e. The minimum atomic E-state index is -0.208. The average molecular weight is 261 g/mol. The molecule has 6 nitrogen and oxygen atoms in total. The lowest BCUT2D eigenvalue weighted by atomic mass is 10.0. The topological polar surface area (TPSA) is 74.0 Å². The summed E-state index contributed by atoms with van der Waals surface area (Å²) in [6.07, 6.45) is 2.88. The summed E-state index contributed by atoms with van der Waals surface area (Å²) in [5.41, 5.74) is 1.28. The summed E-state index contributed by atoms with van der Waals surface area (Å²) >= 11 is 0. The first-order valence-electron chi connectivity index (χ1n) is 6.52. The Hall–Kier alpha value is -2.03. The predicted octanol–water partition coefficient (Wildman–Crippen LogP) is 0.705. The molecule has 102 valence electrons. The fourth-order valence-corrected chi connectivity index (χ4v) is 2.73. The van der Waals surface area contributed by atoms with E-state index in [-0.39, 0.29) is 11.9 Å². The van der Waals surface area contributed by atoms with Crippen molar-refractivity contribution in [3.63, 3.8) is 0 Å². The number of piperidine rings is 1. The van der Waals surface area contributed by atoms with Gasteiger partial charge in [0.25, 0.3) is 0 Å². The molecular weight excluding hydrogens is 242 g/mol. The molecule has 1 aromatic rings. The maximum Gasteiger partial charge on any atom is 0.242 e. The molecule has 0 radical (unpaired) electrons. The first kappa shape index (κ1) is 13.4. The summed E-state index contributed by atoms with van der Waals surface area (Å²) in [4.78, 5) is 14.0. The zero-order chi connectivity index (χ0) is 14.0. The van der Waals surface area contributed by atoms with Gasteiger partial charge in [0, 0.05) is 20.6 Å². The van der Waals surface area contributed by atoms with Gasteiger partial charge in [-0.1, -0.05) is 0 Å². The van der Waals surface area contributed by atoms with Crippen LogP contribution in [0.5, 0.6) is 0 Å². The number of nitrogens with zero attached hydrogens (tertiary/aromatic N) is 4. The van der Waals surface area contributed by atoms with Gasteiger partial charge in [-0.25, -0.2) is 0 Å². The van der Waals surface area contributed by atoms with Crippen molar-refractivity contribution in [2.45, 2.75) is 32.2 Å². The van der Waals surface area contributed by atoms with E-state index < -0.39 is 0 Å². The van der Waals surface area contributed by atoms with Gasteiger partial charge in [0.05, 0.1) is 5.69 Å². The second kappa shape index (κ2) is 5.31. The third-order valence-electron chi connectivity index (χ3n) is 3.63. The van der Waals surface area contributed by atoms with Crippen LogP contribution >= 0.6 is 0 Å². The monoisotopic (exact) mass is 261 g/mol. The van der Waals surface area contributed by atoms with Crippen molar-refractivity contribution in [1.82, 2.24) is 15.1 Å². The van der Waals surface area contributed by atoms with E-state index >= 15 is 0 Å². The molecule has 1 N–H and O–H groups in total. The molecule has 0 aromatic carbocycles. The van der Waals surface area contributed by atoms with E-state index in [0.29, 0.717) is 11.3 Å². The van der Waals surface area contributed by atoms with Crippen LogP contribution < -0.4 is 10.2 Å². The Bertz CT molecular complexity index is 528. The Balaban J connectivity index is 2.43. The van der Waals surface area contributed by atoms with Crippen molar-refractivity contribution in [1.29, 1.82) is 5.26 Å². The molecule has 1 aliphatic heterocycles. The molecule has 2 rings (SSSR count). The molecule has 19 heavy (non-hydrogen) atoms. The van der Waals surface area contributed by atoms with Crippen LogP contribution in [0.15, 0.2) is 0 Å². The van der Waals surface area contributed by atoms with Gasteiger partial charge in [-0.3, -0.25) is 9.48 Å². The van der Waals surface area contributed by atoms with E-state index in [4.69, 9.17) is 0 Å². The number of nitrogens with one attached hydrogen (secondary N) is 1. The van der Waals surface area contributed by atoms with Crippen LogP contribution in [0, 0.1) is 18.3 Å². The second-order valence-electron chi connectivity index (χ2n) is 4.84. The van der Waals surface area contributed by atoms with Gasteiger partial charge in [0.15, 0.2) is 0 Å². The molecule has 1 saturated heterocycles. The molecule has 0 bridgehead atoms. The summed E-state index contributed by atoms with van der Waals surface area (Å²) < 4.78 is 1.70. The van der Waals surface area contributed by atoms with Gasteiger partial charge in [-0.15, -0.1) is 0 Å². The second-order valence-corrected chi connectivity index (χ2v) is 4.84. The molecular formula is C13H19N5O. The van der Waals surface area contributed by atoms with Gasteiger partial charge < -0.3 is 10.2 Å². The van der Waals surface area contributed by atoms with Crippen LogP contribution in [0.3, 0.4) is 0 Å². The number of amides is 1. The van der Waals surface area contributed by atoms with Crippen molar-refractivity contribution >= 4 is 11.7 Å². The third kappa shape index (κ3) is 2.28. The number of anilines is 1. The quantitative estimate of drug-likeness (QED) is 0.850. The van der Waals surface area contributed by atoms with Crippen LogP contribution in [0.4, 0.5) is 5.82 Å². The van der Waals surface area contributed by atoms with E-state index in [1.54, 1.807) is 11.7 Å². The van der Waals surface area contributed by atoms with Crippen molar-refractivity contribution < 1.29 is 4.79 Å². The molecule has 0 spiro atoms. The standard InChI is InChI=1S/C13H19N5O/c1-9-10(8-14)13(17(3)16-9)18-7-5-4-6-11(18)12(19)15-2/h11H,4-7H2,1-3H3,(H,15,19). The van der Waals surface area contributed by atoms with E-state index in [2.05, 4.69) is 16.5 Å². The zero-order valence-corrected chi connectivity index (χ0v) is 11.6. The van der Waals surface area contributed by atoms with Gasteiger partial charge in [-0.2, -0.15) is 10.4 Å². The normalized spacial score (nSPS) is 19.1. The average Bonchev–Trinajstić information content (AvgIpc) is 2.71. The molecule has 1 aliphatic rings. The van der Waals surface area contributed by atoms with Crippen LogP contribution in [0.25, 0.3) is 0 Å². The van der Waals surface area contributed by atoms with Crippen LogP contribution in [0.2, 0.25) is 0 Å². The van der Waals surface area contributed by atoms with Gasteiger partial charge in [-0.05, 0) is 26.2 Å². The number of nitriles is 1. The zero-order valence-electron chi connectivity index (χ0n) is 11.6. The van der Waals surface area contributed by atoms with Crippen LogP contribution in [0.1, 0.15) is 30.5 Å². The van der Waals surface area contributed by atoms with Crippen LogP contribution in [-0.4, -0.2) is 35.3 Å². The highest BCUT2D eigenvalue weighted by Crippen LogP contribution is 2.29. The Labute approximate surface area is 113 Å². The summed E-state index contributed by atoms with van der Waals surface area (Å²) in [5.74, 6) is 0.760. The molecule has 0 aliphatic carbocycles. The highest BCUT2D eigenvalue weighted by Gasteiger charge is 2.32. The number of hydrogen-bond donors (Lipinski definition) is 1. The van der Waals surface area contributed by atoms with Crippen LogP contribution in [-0.2, 0) is 11.8 Å². The fourth-order valence-electron chi connectivity index (χ4n) is 2.73. The lowest BCUT2D eigenvalue weighted by Gasteiger charge is -2.36. The minimum absolute atomic E-state index is 0.00226. The molecule has 1 fully saturated rings. The summed E-state index contributed by atoms with van der Waals surface area (Å²) in [6.45, 7) is 2.60. The number of aryl methyl sites for hydroxylation is 2. The van der Waals surface area contributed by atoms with Crippen molar-refractivity contribution in [2.75, 3.05) is 18.5 Å². The molecule has 1 unspecified atom stereocenters. The van der Waals surface area contributed by atoms with E-state index in [9.17, 15) is 10.1 Å². The lowest BCUT2D eigenvalue weighted by Crippen LogP contribution is -2.49. The Kier molecular flexibility index (Phi) is 3.74. The number of carbonyl (C=O) groups excluding carboxylic acids is 1. The molecule has 2 heterocycles. The van der Waals surface area contributed by atoms with Crippen molar-refractivity contribution in [2.24, 2.45) is 7.05 Å². The first-order chi connectivity index (χ1) is 9.10. The number of rotatable bonds is 2. The Morgan fingerprint density at radius 3 is 2.89 bits per heavy atom. The summed E-state index contributed by atoms with van der Waals surface area (Å²) in [5, 5.41) is 16.3. The SMILES string of the molecule is CNC(=O)C1CCCCN1c1c(C#N)c(C)nn1C. The van der Waals surface area contributed by atoms with Crippen molar-refractivity contribution in [3.05, 3.63) is 11.3 Å². The molecule has 1 aromatic heterocycles. The lowest BCUT2D eigenvalue weighted by molar-refractivity contribution is -0.122. The van der Waals surface area contributed by atoms with Gasteiger partial charge in [0.1, 0.15) is 23.5 Å². The molecule has 6 heteroatoms. The number of aromatic nitrogens is 2. The van der Waals surface area contributed by atoms with Gasteiger partial charge >= 0.3 is 0 Å². The Morgan fingerprint density at radius 2 is 2.26 bits per heavy atom. The summed E-state index contributed by atoms with van der Waals surface area (Å²) in [7, 11) is 3.47. The highest BCUT2D eigenvalue weighted by atomic mass is 16.2. The molecule has 1 amide bonds. The maximum atomic E-state index is 12.0. The number of carbonyl (C=O) groups is 1. The summed E-state index contributed by atoms with van der Waals surface area (Å²) in [6, 6.07) is 2.00. The first-order valence-corrected chi connectivity index (χ1v) is 6.52. The van der Waals surface area contributed by atoms with E-state index in [1.807, 2.05) is 18.9 Å². The highest BCUT2D eigenvalue weighted by molar-refractivity contribution is 5.85. The number of hydrogen-bond acceptors (Lipinski definition) is 4. The third-order valence-corrected chi connectivity index (χ3v) is 3.63. The van der Waals surface area contributed by atoms with E-state index in [1.165, 1.54) is 0 Å². The fraction of sp³-hybridized carbons (Fsp3) is 0.615. The predicted molar refractivity (Wildman–Crippen MR) is 71.7 cm³/mol. The minimum Gasteiger partial charge on any atom is -0.357 e. The molecule has 0 saturated carbocycles. The van der Waals surface area contributed by atoms with E-state index in [0.717, 1.165) is 31.6 Å². The Morgan fingerprint density at radius 1 is 1.53 bits per heavy atom.